The second kappa shape index (κ2) is 17.5. The van der Waals surface area contributed by atoms with Gasteiger partial charge in [-0.05, 0) is 57.1 Å². The van der Waals surface area contributed by atoms with Crippen LogP contribution < -0.4 is 4.72 Å². The Bertz CT molecular complexity index is 2140. The minimum Gasteiger partial charge on any atom is -0.392 e. The first kappa shape index (κ1) is 37.4. The molecule has 0 amide bonds. The van der Waals surface area contributed by atoms with E-state index in [4.69, 9.17) is 9.47 Å². The molecular weight excluding hydrogens is 693 g/mol. The SMILES string of the molecule is CC1C(CN(Cc2ccccc2)Cc2ccccc2)OC(c2ccc(-c3cccc(CNS(=O)(=O)c4ccccc4)c3)cc2)OC1c1ccc(CO)cc1. The molecule has 7 rings (SSSR count). The van der Waals surface area contributed by atoms with Gasteiger partial charge in [0.15, 0.2) is 6.29 Å². The van der Waals surface area contributed by atoms with E-state index in [1.165, 1.54) is 11.1 Å². The summed E-state index contributed by atoms with van der Waals surface area (Å²) in [7, 11) is -3.62. The van der Waals surface area contributed by atoms with Crippen LogP contribution in [0.3, 0.4) is 0 Å². The van der Waals surface area contributed by atoms with Crippen molar-refractivity contribution in [3.05, 3.63) is 197 Å². The van der Waals surface area contributed by atoms with Gasteiger partial charge in [-0.3, -0.25) is 4.90 Å². The highest BCUT2D eigenvalue weighted by Gasteiger charge is 2.39. The van der Waals surface area contributed by atoms with E-state index in [1.807, 2.05) is 60.7 Å². The molecule has 276 valence electrons. The molecule has 0 spiro atoms. The standard InChI is InChI=1S/C46H46N2O5S/c1-34-44(32-48(30-35-12-5-2-6-13-35)31-36-14-7-3-8-15-36)52-46(53-45(34)40-22-20-37(33-49)21-23-40)41-26-24-39(25-27-41)42-17-11-16-38(28-42)29-47-54(50,51)43-18-9-4-10-19-43/h2-28,34,44-47,49H,29-33H2,1H3. The van der Waals surface area contributed by atoms with Crippen molar-refractivity contribution in [2.24, 2.45) is 5.92 Å². The Balaban J connectivity index is 1.12. The lowest BCUT2D eigenvalue weighted by Gasteiger charge is -2.43. The fourth-order valence-corrected chi connectivity index (χ4v) is 8.04. The molecule has 2 N–H and O–H groups in total. The van der Waals surface area contributed by atoms with Gasteiger partial charge in [0.1, 0.15) is 0 Å². The van der Waals surface area contributed by atoms with Gasteiger partial charge in [0.2, 0.25) is 10.0 Å². The molecule has 0 aromatic heterocycles. The van der Waals surface area contributed by atoms with Gasteiger partial charge in [0, 0.05) is 37.7 Å². The Morgan fingerprint density at radius 1 is 0.611 bits per heavy atom. The number of aliphatic hydroxyl groups excluding tert-OH is 1. The maximum atomic E-state index is 12.8. The summed E-state index contributed by atoms with van der Waals surface area (Å²) in [4.78, 5) is 2.70. The molecule has 1 heterocycles. The van der Waals surface area contributed by atoms with E-state index in [0.29, 0.717) is 6.54 Å². The van der Waals surface area contributed by atoms with Crippen molar-refractivity contribution in [3.63, 3.8) is 0 Å². The fraction of sp³-hybridized carbons (Fsp3) is 0.217. The number of rotatable bonds is 14. The zero-order valence-corrected chi connectivity index (χ0v) is 31.2. The smallest absolute Gasteiger partial charge is 0.240 e. The summed E-state index contributed by atoms with van der Waals surface area (Å²) in [5.41, 5.74) is 8.15. The predicted molar refractivity (Wildman–Crippen MR) is 212 cm³/mol. The third-order valence-corrected chi connectivity index (χ3v) is 11.4. The maximum absolute atomic E-state index is 12.8. The van der Waals surface area contributed by atoms with E-state index in [-0.39, 0.29) is 36.2 Å². The molecular formula is C46H46N2O5S. The molecule has 0 aliphatic carbocycles. The highest BCUT2D eigenvalue weighted by Crippen LogP contribution is 2.42. The van der Waals surface area contributed by atoms with Gasteiger partial charge in [-0.1, -0.05) is 153 Å². The van der Waals surface area contributed by atoms with Crippen LogP contribution in [0.15, 0.2) is 169 Å². The fourth-order valence-electron chi connectivity index (χ4n) is 7.01. The van der Waals surface area contributed by atoms with Crippen molar-refractivity contribution in [3.8, 4) is 11.1 Å². The lowest BCUT2D eigenvalue weighted by Crippen LogP contribution is -2.44. The van der Waals surface area contributed by atoms with Crippen LogP contribution in [0.2, 0.25) is 0 Å². The van der Waals surface area contributed by atoms with Crippen LogP contribution in [0.25, 0.3) is 11.1 Å². The van der Waals surface area contributed by atoms with Gasteiger partial charge in [-0.25, -0.2) is 13.1 Å². The van der Waals surface area contributed by atoms with Gasteiger partial charge in [0.25, 0.3) is 0 Å². The minimum atomic E-state index is -3.62. The second-order valence-electron chi connectivity index (χ2n) is 13.9. The topological polar surface area (TPSA) is 88.1 Å². The van der Waals surface area contributed by atoms with Crippen LogP contribution >= 0.6 is 0 Å². The van der Waals surface area contributed by atoms with Crippen molar-refractivity contribution in [1.82, 2.24) is 9.62 Å². The molecule has 1 saturated heterocycles. The van der Waals surface area contributed by atoms with Crippen LogP contribution in [0, 0.1) is 5.92 Å². The van der Waals surface area contributed by atoms with Gasteiger partial charge >= 0.3 is 0 Å². The molecule has 1 aliphatic rings. The normalized spacial score (nSPS) is 18.8. The largest absolute Gasteiger partial charge is 0.392 e. The van der Waals surface area contributed by atoms with Gasteiger partial charge in [-0.15, -0.1) is 0 Å². The first-order valence-corrected chi connectivity index (χ1v) is 19.9. The van der Waals surface area contributed by atoms with E-state index in [9.17, 15) is 13.5 Å². The summed E-state index contributed by atoms with van der Waals surface area (Å²) >= 11 is 0. The van der Waals surface area contributed by atoms with Gasteiger partial charge in [-0.2, -0.15) is 0 Å². The second-order valence-corrected chi connectivity index (χ2v) is 15.7. The van der Waals surface area contributed by atoms with Crippen LogP contribution in [0.5, 0.6) is 0 Å². The molecule has 0 bridgehead atoms. The third-order valence-electron chi connectivity index (χ3n) is 10.0. The summed E-state index contributed by atoms with van der Waals surface area (Å²) < 4.78 is 42.0. The molecule has 1 aliphatic heterocycles. The average Bonchev–Trinajstić information content (AvgIpc) is 3.22. The Morgan fingerprint density at radius 2 is 1.19 bits per heavy atom. The van der Waals surface area contributed by atoms with Crippen LogP contribution in [0.4, 0.5) is 0 Å². The first-order chi connectivity index (χ1) is 26.3. The summed E-state index contributed by atoms with van der Waals surface area (Å²) in [5.74, 6) is 0.0385. The van der Waals surface area contributed by atoms with E-state index >= 15 is 0 Å². The summed E-state index contributed by atoms with van der Waals surface area (Å²) in [5, 5.41) is 9.70. The summed E-state index contributed by atoms with van der Waals surface area (Å²) in [6, 6.07) is 53.6. The van der Waals surface area contributed by atoms with E-state index in [0.717, 1.165) is 46.5 Å². The van der Waals surface area contributed by atoms with Crippen LogP contribution in [-0.4, -0.2) is 31.1 Å². The molecule has 6 aromatic rings. The third kappa shape index (κ3) is 9.40. The minimum absolute atomic E-state index is 0.0117. The number of hydrogen-bond acceptors (Lipinski definition) is 6. The van der Waals surface area contributed by atoms with Crippen molar-refractivity contribution < 1.29 is 23.0 Å². The Hall–Kier alpha value is -4.93. The van der Waals surface area contributed by atoms with Gasteiger partial charge < -0.3 is 14.6 Å². The number of nitrogens with one attached hydrogen (secondary N) is 1. The summed E-state index contributed by atoms with van der Waals surface area (Å²) in [6.07, 6.45) is -0.973. The molecule has 8 heteroatoms. The number of sulfonamides is 1. The van der Waals surface area contributed by atoms with Crippen molar-refractivity contribution in [1.29, 1.82) is 0 Å². The van der Waals surface area contributed by atoms with Crippen LogP contribution in [0.1, 0.15) is 52.7 Å². The van der Waals surface area contributed by atoms with Crippen molar-refractivity contribution in [2.45, 2.75) is 56.6 Å². The summed E-state index contributed by atoms with van der Waals surface area (Å²) in [6.45, 7) is 4.64. The molecule has 7 nitrogen and oxygen atoms in total. The lowest BCUT2D eigenvalue weighted by atomic mass is 9.89. The number of ether oxygens (including phenoxy) is 2. The monoisotopic (exact) mass is 738 g/mol. The predicted octanol–water partition coefficient (Wildman–Crippen LogP) is 8.82. The van der Waals surface area contributed by atoms with Gasteiger partial charge in [0.05, 0.1) is 23.7 Å². The van der Waals surface area contributed by atoms with Crippen LogP contribution in [-0.2, 0) is 45.7 Å². The Labute approximate surface area is 318 Å². The average molecular weight is 739 g/mol. The zero-order chi connectivity index (χ0) is 37.3. The molecule has 4 unspecified atom stereocenters. The highest BCUT2D eigenvalue weighted by molar-refractivity contribution is 7.89. The molecule has 0 radical (unpaired) electrons. The number of hydrogen-bond donors (Lipinski definition) is 2. The molecule has 54 heavy (non-hydrogen) atoms. The Morgan fingerprint density at radius 3 is 1.80 bits per heavy atom. The van der Waals surface area contributed by atoms with Crippen molar-refractivity contribution >= 4 is 10.0 Å². The lowest BCUT2D eigenvalue weighted by molar-refractivity contribution is -0.276. The quantitative estimate of drug-likeness (QED) is 0.116. The molecule has 4 atom stereocenters. The number of nitrogens with zero attached hydrogens (tertiary/aromatic N) is 1. The highest BCUT2D eigenvalue weighted by atomic mass is 32.2. The molecule has 0 saturated carbocycles. The Kier molecular flexibility index (Phi) is 12.1. The first-order valence-electron chi connectivity index (χ1n) is 18.4. The van der Waals surface area contributed by atoms with E-state index in [2.05, 4.69) is 89.3 Å². The number of benzene rings is 6. The van der Waals surface area contributed by atoms with E-state index in [1.54, 1.807) is 30.3 Å². The number of aliphatic hydroxyl groups is 1. The maximum Gasteiger partial charge on any atom is 0.240 e. The molecule has 6 aromatic carbocycles. The molecule has 1 fully saturated rings. The van der Waals surface area contributed by atoms with E-state index < -0.39 is 16.3 Å². The zero-order valence-electron chi connectivity index (χ0n) is 30.4. The van der Waals surface area contributed by atoms with Crippen molar-refractivity contribution in [2.75, 3.05) is 6.54 Å².